The van der Waals surface area contributed by atoms with Crippen molar-refractivity contribution >= 4 is 0 Å². The number of nitrogens with zero attached hydrogens (tertiary/aromatic N) is 1. The van der Waals surface area contributed by atoms with E-state index in [4.69, 9.17) is 0 Å². The SMILES string of the molecule is CCNCc1ccc(C)cc1-c1ccncc1C. The van der Waals surface area contributed by atoms with E-state index >= 15 is 0 Å². The van der Waals surface area contributed by atoms with Gasteiger partial charge in [0.1, 0.15) is 0 Å². The van der Waals surface area contributed by atoms with E-state index in [1.807, 2.05) is 12.4 Å². The molecule has 0 spiro atoms. The summed E-state index contributed by atoms with van der Waals surface area (Å²) in [7, 11) is 0. The van der Waals surface area contributed by atoms with Gasteiger partial charge in [-0.15, -0.1) is 0 Å². The fourth-order valence-electron chi connectivity index (χ4n) is 2.13. The molecule has 0 amide bonds. The molecule has 94 valence electrons. The minimum Gasteiger partial charge on any atom is -0.313 e. The molecular weight excluding hydrogens is 220 g/mol. The standard InChI is InChI=1S/C16H20N2/c1-4-17-11-14-6-5-12(2)9-16(14)15-7-8-18-10-13(15)3/h5-10,17H,4,11H2,1-3H3. The first-order valence-corrected chi connectivity index (χ1v) is 6.43. The fourth-order valence-corrected chi connectivity index (χ4v) is 2.13. The first-order chi connectivity index (χ1) is 8.72. The topological polar surface area (TPSA) is 24.9 Å². The van der Waals surface area contributed by atoms with Gasteiger partial charge in [-0.3, -0.25) is 4.98 Å². The van der Waals surface area contributed by atoms with Gasteiger partial charge in [0.15, 0.2) is 0 Å². The van der Waals surface area contributed by atoms with E-state index in [9.17, 15) is 0 Å². The summed E-state index contributed by atoms with van der Waals surface area (Å²) in [4.78, 5) is 4.17. The van der Waals surface area contributed by atoms with Crippen LogP contribution in [0.25, 0.3) is 11.1 Å². The third-order valence-corrected chi connectivity index (χ3v) is 3.14. The monoisotopic (exact) mass is 240 g/mol. The predicted octanol–water partition coefficient (Wildman–Crippen LogP) is 3.47. The van der Waals surface area contributed by atoms with E-state index in [0.717, 1.165) is 13.1 Å². The number of nitrogens with one attached hydrogen (secondary N) is 1. The summed E-state index contributed by atoms with van der Waals surface area (Å²) in [5.41, 5.74) is 6.46. The highest BCUT2D eigenvalue weighted by atomic mass is 14.8. The molecule has 1 N–H and O–H groups in total. The van der Waals surface area contributed by atoms with E-state index in [1.54, 1.807) is 0 Å². The van der Waals surface area contributed by atoms with Crippen molar-refractivity contribution in [2.45, 2.75) is 27.3 Å². The van der Waals surface area contributed by atoms with Crippen LogP contribution in [0.5, 0.6) is 0 Å². The van der Waals surface area contributed by atoms with Gasteiger partial charge in [-0.2, -0.15) is 0 Å². The normalized spacial score (nSPS) is 10.6. The lowest BCUT2D eigenvalue weighted by molar-refractivity contribution is 0.727. The quantitative estimate of drug-likeness (QED) is 0.885. The number of rotatable bonds is 4. The minimum atomic E-state index is 0.911. The largest absolute Gasteiger partial charge is 0.313 e. The Kier molecular flexibility index (Phi) is 4.11. The third-order valence-electron chi connectivity index (χ3n) is 3.14. The molecule has 0 bridgehead atoms. The van der Waals surface area contributed by atoms with Crippen LogP contribution in [0.1, 0.15) is 23.6 Å². The van der Waals surface area contributed by atoms with Gasteiger partial charge in [0, 0.05) is 18.9 Å². The Morgan fingerprint density at radius 1 is 1.11 bits per heavy atom. The van der Waals surface area contributed by atoms with Crippen LogP contribution in [-0.2, 0) is 6.54 Å². The van der Waals surface area contributed by atoms with Crippen molar-refractivity contribution in [1.29, 1.82) is 0 Å². The highest BCUT2D eigenvalue weighted by molar-refractivity contribution is 5.70. The van der Waals surface area contributed by atoms with Crippen LogP contribution in [0.2, 0.25) is 0 Å². The van der Waals surface area contributed by atoms with Crippen LogP contribution in [0.3, 0.4) is 0 Å². The van der Waals surface area contributed by atoms with Gasteiger partial charge in [-0.25, -0.2) is 0 Å². The Morgan fingerprint density at radius 2 is 1.94 bits per heavy atom. The van der Waals surface area contributed by atoms with E-state index in [2.05, 4.69) is 55.3 Å². The summed E-state index contributed by atoms with van der Waals surface area (Å²) in [5.74, 6) is 0. The number of aryl methyl sites for hydroxylation is 2. The Bertz CT molecular complexity index is 532. The van der Waals surface area contributed by atoms with Crippen molar-refractivity contribution in [2.75, 3.05) is 6.54 Å². The molecule has 0 aliphatic rings. The zero-order valence-corrected chi connectivity index (χ0v) is 11.3. The molecule has 2 nitrogen and oxygen atoms in total. The zero-order valence-electron chi connectivity index (χ0n) is 11.3. The van der Waals surface area contributed by atoms with Crippen LogP contribution in [-0.4, -0.2) is 11.5 Å². The lowest BCUT2D eigenvalue weighted by Crippen LogP contribution is -2.12. The average molecular weight is 240 g/mol. The molecule has 18 heavy (non-hydrogen) atoms. The molecule has 0 fully saturated rings. The van der Waals surface area contributed by atoms with Crippen molar-refractivity contribution in [3.05, 3.63) is 53.3 Å². The van der Waals surface area contributed by atoms with Crippen LogP contribution in [0.4, 0.5) is 0 Å². The van der Waals surface area contributed by atoms with Crippen molar-refractivity contribution in [3.63, 3.8) is 0 Å². The second-order valence-corrected chi connectivity index (χ2v) is 4.63. The Morgan fingerprint density at radius 3 is 2.67 bits per heavy atom. The van der Waals surface area contributed by atoms with Gasteiger partial charge in [-0.05, 0) is 48.7 Å². The number of pyridine rings is 1. The summed E-state index contributed by atoms with van der Waals surface area (Å²) in [6.07, 6.45) is 3.79. The maximum absolute atomic E-state index is 4.17. The summed E-state index contributed by atoms with van der Waals surface area (Å²) in [5, 5.41) is 3.40. The molecule has 0 saturated carbocycles. The summed E-state index contributed by atoms with van der Waals surface area (Å²) in [6.45, 7) is 8.28. The lowest BCUT2D eigenvalue weighted by atomic mass is 9.95. The molecule has 1 heterocycles. The first-order valence-electron chi connectivity index (χ1n) is 6.43. The number of hydrogen-bond acceptors (Lipinski definition) is 2. The second kappa shape index (κ2) is 5.78. The van der Waals surface area contributed by atoms with Crippen molar-refractivity contribution in [3.8, 4) is 11.1 Å². The minimum absolute atomic E-state index is 0.911. The molecule has 2 heteroatoms. The fraction of sp³-hybridized carbons (Fsp3) is 0.312. The molecule has 0 saturated heterocycles. The summed E-state index contributed by atoms with van der Waals surface area (Å²) < 4.78 is 0. The molecule has 1 aromatic heterocycles. The van der Waals surface area contributed by atoms with E-state index in [1.165, 1.54) is 27.8 Å². The van der Waals surface area contributed by atoms with Gasteiger partial charge in [0.05, 0.1) is 0 Å². The van der Waals surface area contributed by atoms with Gasteiger partial charge >= 0.3 is 0 Å². The lowest BCUT2D eigenvalue weighted by Gasteiger charge is -2.13. The molecule has 0 radical (unpaired) electrons. The Balaban J connectivity index is 2.48. The van der Waals surface area contributed by atoms with Gasteiger partial charge in [0.2, 0.25) is 0 Å². The number of hydrogen-bond donors (Lipinski definition) is 1. The highest BCUT2D eigenvalue weighted by Gasteiger charge is 2.07. The molecule has 0 atom stereocenters. The van der Waals surface area contributed by atoms with Crippen molar-refractivity contribution < 1.29 is 0 Å². The van der Waals surface area contributed by atoms with Crippen LogP contribution in [0.15, 0.2) is 36.7 Å². The molecule has 0 aliphatic heterocycles. The molecule has 0 aliphatic carbocycles. The predicted molar refractivity (Wildman–Crippen MR) is 76.5 cm³/mol. The van der Waals surface area contributed by atoms with Crippen molar-refractivity contribution in [2.24, 2.45) is 0 Å². The number of benzene rings is 1. The molecule has 1 aromatic carbocycles. The van der Waals surface area contributed by atoms with Crippen LogP contribution in [0, 0.1) is 13.8 Å². The van der Waals surface area contributed by atoms with Crippen LogP contribution >= 0.6 is 0 Å². The van der Waals surface area contributed by atoms with E-state index < -0.39 is 0 Å². The smallest absolute Gasteiger partial charge is 0.0303 e. The van der Waals surface area contributed by atoms with Crippen LogP contribution < -0.4 is 5.32 Å². The average Bonchev–Trinajstić information content (AvgIpc) is 2.38. The Hall–Kier alpha value is -1.67. The molecule has 2 rings (SSSR count). The van der Waals surface area contributed by atoms with Crippen molar-refractivity contribution in [1.82, 2.24) is 10.3 Å². The highest BCUT2D eigenvalue weighted by Crippen LogP contribution is 2.27. The van der Waals surface area contributed by atoms with Gasteiger partial charge in [-0.1, -0.05) is 30.7 Å². The molecule has 0 unspecified atom stereocenters. The van der Waals surface area contributed by atoms with E-state index in [-0.39, 0.29) is 0 Å². The molecular formula is C16H20N2. The van der Waals surface area contributed by atoms with E-state index in [0.29, 0.717) is 0 Å². The third kappa shape index (κ3) is 2.77. The maximum Gasteiger partial charge on any atom is 0.0303 e. The first kappa shape index (κ1) is 12.8. The second-order valence-electron chi connectivity index (χ2n) is 4.63. The molecule has 2 aromatic rings. The number of aromatic nitrogens is 1. The Labute approximate surface area is 109 Å². The summed E-state index contributed by atoms with van der Waals surface area (Å²) >= 11 is 0. The zero-order chi connectivity index (χ0) is 13.0. The van der Waals surface area contributed by atoms with Gasteiger partial charge < -0.3 is 5.32 Å². The maximum atomic E-state index is 4.17. The summed E-state index contributed by atoms with van der Waals surface area (Å²) in [6, 6.07) is 8.74. The van der Waals surface area contributed by atoms with Gasteiger partial charge in [0.25, 0.3) is 0 Å².